The number of rotatable bonds is 3. The topological polar surface area (TPSA) is 98.0 Å². The average Bonchev–Trinajstić information content (AvgIpc) is 2.42. The van der Waals surface area contributed by atoms with Crippen LogP contribution in [0.25, 0.3) is 0 Å². The summed E-state index contributed by atoms with van der Waals surface area (Å²) in [6.07, 6.45) is 1.16. The van der Waals surface area contributed by atoms with E-state index in [4.69, 9.17) is 23.2 Å². The number of hydrogen-bond acceptors (Lipinski definition) is 5. The number of nitro groups is 1. The number of carbonyl (C=O) groups is 1. The Bertz CT molecular complexity index is 716. The number of anilines is 1. The van der Waals surface area contributed by atoms with Crippen LogP contribution in [0.5, 0.6) is 0 Å². The Morgan fingerprint density at radius 3 is 2.43 bits per heavy atom. The highest BCUT2D eigenvalue weighted by Gasteiger charge is 2.17. The quantitative estimate of drug-likeness (QED) is 0.530. The standard InChI is InChI=1S/C12H8Cl2N4O3/c1-6-4-7(18(20)21)2-3-8(6)12(19)17-9-10(13)15-5-16-11(9)14/h2-5H,1H3,(H,17,19). The lowest BCUT2D eigenvalue weighted by Crippen LogP contribution is -2.14. The molecule has 108 valence electrons. The molecule has 0 saturated heterocycles. The molecule has 0 atom stereocenters. The summed E-state index contributed by atoms with van der Waals surface area (Å²) < 4.78 is 0. The molecule has 0 spiro atoms. The van der Waals surface area contributed by atoms with Gasteiger partial charge in [0.15, 0.2) is 10.3 Å². The summed E-state index contributed by atoms with van der Waals surface area (Å²) in [6, 6.07) is 3.90. The Kier molecular flexibility index (Phi) is 4.35. The summed E-state index contributed by atoms with van der Waals surface area (Å²) in [5.74, 6) is -0.513. The van der Waals surface area contributed by atoms with Crippen LogP contribution in [0.2, 0.25) is 10.3 Å². The van der Waals surface area contributed by atoms with E-state index in [0.29, 0.717) is 5.56 Å². The molecule has 1 aromatic heterocycles. The van der Waals surface area contributed by atoms with Gasteiger partial charge in [0.1, 0.15) is 12.0 Å². The molecule has 0 unspecified atom stereocenters. The first-order chi connectivity index (χ1) is 9.90. The zero-order valence-corrected chi connectivity index (χ0v) is 12.1. The van der Waals surface area contributed by atoms with Crippen LogP contribution in [-0.4, -0.2) is 20.8 Å². The van der Waals surface area contributed by atoms with Gasteiger partial charge in [0, 0.05) is 17.7 Å². The van der Waals surface area contributed by atoms with Gasteiger partial charge in [0.25, 0.3) is 11.6 Å². The van der Waals surface area contributed by atoms with Crippen molar-refractivity contribution in [1.29, 1.82) is 0 Å². The molecular formula is C12H8Cl2N4O3. The maximum Gasteiger partial charge on any atom is 0.269 e. The molecule has 0 bridgehead atoms. The van der Waals surface area contributed by atoms with Crippen LogP contribution < -0.4 is 5.32 Å². The first kappa shape index (κ1) is 15.1. The molecule has 1 N–H and O–H groups in total. The Morgan fingerprint density at radius 2 is 1.90 bits per heavy atom. The van der Waals surface area contributed by atoms with E-state index < -0.39 is 10.8 Å². The average molecular weight is 327 g/mol. The third-order valence-corrected chi connectivity index (χ3v) is 3.23. The van der Waals surface area contributed by atoms with Crippen molar-refractivity contribution in [2.45, 2.75) is 6.92 Å². The van der Waals surface area contributed by atoms with Crippen molar-refractivity contribution in [3.8, 4) is 0 Å². The monoisotopic (exact) mass is 326 g/mol. The van der Waals surface area contributed by atoms with E-state index in [1.807, 2.05) is 0 Å². The third kappa shape index (κ3) is 3.26. The van der Waals surface area contributed by atoms with Gasteiger partial charge in [0.05, 0.1) is 4.92 Å². The lowest BCUT2D eigenvalue weighted by Gasteiger charge is -2.09. The predicted octanol–water partition coefficient (Wildman–Crippen LogP) is 3.25. The zero-order chi connectivity index (χ0) is 15.6. The van der Waals surface area contributed by atoms with Crippen LogP contribution in [0.4, 0.5) is 11.4 Å². The first-order valence-electron chi connectivity index (χ1n) is 5.62. The largest absolute Gasteiger partial charge is 0.317 e. The fourth-order valence-electron chi connectivity index (χ4n) is 1.64. The molecule has 1 heterocycles. The maximum atomic E-state index is 12.2. The zero-order valence-electron chi connectivity index (χ0n) is 10.6. The second-order valence-corrected chi connectivity index (χ2v) is 4.76. The number of nitro benzene ring substituents is 1. The highest BCUT2D eigenvalue weighted by atomic mass is 35.5. The molecule has 0 radical (unpaired) electrons. The lowest BCUT2D eigenvalue weighted by atomic mass is 10.1. The van der Waals surface area contributed by atoms with Crippen molar-refractivity contribution in [2.75, 3.05) is 5.32 Å². The number of non-ortho nitro benzene ring substituents is 1. The van der Waals surface area contributed by atoms with Gasteiger partial charge in [-0.3, -0.25) is 14.9 Å². The number of nitrogens with zero attached hydrogens (tertiary/aromatic N) is 3. The number of benzene rings is 1. The Morgan fingerprint density at radius 1 is 1.29 bits per heavy atom. The van der Waals surface area contributed by atoms with Crippen molar-refractivity contribution < 1.29 is 9.72 Å². The van der Waals surface area contributed by atoms with Crippen LogP contribution in [0, 0.1) is 17.0 Å². The van der Waals surface area contributed by atoms with E-state index in [9.17, 15) is 14.9 Å². The summed E-state index contributed by atoms with van der Waals surface area (Å²) in [4.78, 5) is 29.7. The Balaban J connectivity index is 2.31. The van der Waals surface area contributed by atoms with Crippen molar-refractivity contribution in [1.82, 2.24) is 9.97 Å². The summed E-state index contributed by atoms with van der Waals surface area (Å²) in [7, 11) is 0. The molecule has 0 fully saturated rings. The van der Waals surface area contributed by atoms with Crippen molar-refractivity contribution >= 4 is 40.5 Å². The number of nitrogens with one attached hydrogen (secondary N) is 1. The fraction of sp³-hybridized carbons (Fsp3) is 0.0833. The SMILES string of the molecule is Cc1cc([N+](=O)[O-])ccc1C(=O)Nc1c(Cl)ncnc1Cl. The minimum Gasteiger partial charge on any atom is -0.317 e. The van der Waals surface area contributed by atoms with E-state index in [0.717, 1.165) is 6.33 Å². The number of aromatic nitrogens is 2. The van der Waals surface area contributed by atoms with E-state index in [2.05, 4.69) is 15.3 Å². The summed E-state index contributed by atoms with van der Waals surface area (Å²) in [6.45, 7) is 1.59. The highest BCUT2D eigenvalue weighted by Crippen LogP contribution is 2.27. The van der Waals surface area contributed by atoms with Crippen LogP contribution >= 0.6 is 23.2 Å². The molecule has 1 aromatic carbocycles. The maximum absolute atomic E-state index is 12.2. The number of carbonyl (C=O) groups excluding carboxylic acids is 1. The second-order valence-electron chi connectivity index (χ2n) is 4.04. The van der Waals surface area contributed by atoms with Gasteiger partial charge in [-0.2, -0.15) is 0 Å². The molecule has 0 aliphatic carbocycles. The van der Waals surface area contributed by atoms with Crippen molar-refractivity contribution in [3.05, 3.63) is 56.1 Å². The molecule has 21 heavy (non-hydrogen) atoms. The van der Waals surface area contributed by atoms with Crippen molar-refractivity contribution in [2.24, 2.45) is 0 Å². The molecule has 0 saturated carbocycles. The molecule has 2 aromatic rings. The minimum absolute atomic E-state index is 0.00270. The Labute approximate surface area is 129 Å². The van der Waals surface area contributed by atoms with Crippen LogP contribution in [0.3, 0.4) is 0 Å². The van der Waals surface area contributed by atoms with E-state index >= 15 is 0 Å². The second kappa shape index (κ2) is 6.02. The molecular weight excluding hydrogens is 319 g/mol. The van der Waals surface area contributed by atoms with Gasteiger partial charge in [-0.05, 0) is 18.6 Å². The van der Waals surface area contributed by atoms with Crippen LogP contribution in [0.15, 0.2) is 24.5 Å². The van der Waals surface area contributed by atoms with E-state index in [-0.39, 0.29) is 27.2 Å². The molecule has 1 amide bonds. The van der Waals surface area contributed by atoms with Crippen LogP contribution in [-0.2, 0) is 0 Å². The van der Waals surface area contributed by atoms with Gasteiger partial charge in [0.2, 0.25) is 0 Å². The van der Waals surface area contributed by atoms with Gasteiger partial charge < -0.3 is 5.32 Å². The van der Waals surface area contributed by atoms with Gasteiger partial charge in [-0.15, -0.1) is 0 Å². The highest BCUT2D eigenvalue weighted by molar-refractivity contribution is 6.38. The molecule has 0 aliphatic heterocycles. The van der Waals surface area contributed by atoms with E-state index in [1.54, 1.807) is 6.92 Å². The van der Waals surface area contributed by atoms with Gasteiger partial charge in [-0.25, -0.2) is 9.97 Å². The minimum atomic E-state index is -0.534. The summed E-state index contributed by atoms with van der Waals surface area (Å²) in [5.41, 5.74) is 0.703. The number of halogens is 2. The number of hydrogen-bond donors (Lipinski definition) is 1. The van der Waals surface area contributed by atoms with Crippen LogP contribution in [0.1, 0.15) is 15.9 Å². The Hall–Kier alpha value is -2.25. The predicted molar refractivity (Wildman–Crippen MR) is 77.8 cm³/mol. The molecule has 0 aliphatic rings. The molecule has 9 heteroatoms. The molecule has 7 nitrogen and oxygen atoms in total. The third-order valence-electron chi connectivity index (χ3n) is 2.66. The summed E-state index contributed by atoms with van der Waals surface area (Å²) in [5, 5.41) is 13.2. The fourth-order valence-corrected chi connectivity index (χ4v) is 2.05. The van der Waals surface area contributed by atoms with Gasteiger partial charge >= 0.3 is 0 Å². The normalized spacial score (nSPS) is 10.2. The van der Waals surface area contributed by atoms with E-state index in [1.165, 1.54) is 18.2 Å². The number of aryl methyl sites for hydroxylation is 1. The summed E-state index contributed by atoms with van der Waals surface area (Å²) >= 11 is 11.7. The van der Waals surface area contributed by atoms with Crippen molar-refractivity contribution in [3.63, 3.8) is 0 Å². The first-order valence-corrected chi connectivity index (χ1v) is 6.38. The smallest absolute Gasteiger partial charge is 0.269 e. The lowest BCUT2D eigenvalue weighted by molar-refractivity contribution is -0.384. The van der Waals surface area contributed by atoms with Gasteiger partial charge in [-0.1, -0.05) is 23.2 Å². The number of amides is 1. The molecule has 2 rings (SSSR count).